The number of hydrogen-bond acceptors (Lipinski definition) is 6. The summed E-state index contributed by atoms with van der Waals surface area (Å²) >= 11 is 0. The van der Waals surface area contributed by atoms with Crippen molar-refractivity contribution in [2.75, 3.05) is 47.5 Å². The number of aliphatic hydroxyl groups is 1. The van der Waals surface area contributed by atoms with Gasteiger partial charge in [-0.2, -0.15) is 0 Å². The predicted molar refractivity (Wildman–Crippen MR) is 153 cm³/mol. The minimum absolute atomic E-state index is 0.00222. The maximum absolute atomic E-state index is 12.3. The molecule has 11 atom stereocenters. The van der Waals surface area contributed by atoms with Crippen LogP contribution in [0.15, 0.2) is 0 Å². The van der Waals surface area contributed by atoms with E-state index in [1.165, 1.54) is 38.5 Å². The van der Waals surface area contributed by atoms with Crippen LogP contribution in [0.5, 0.6) is 0 Å². The van der Waals surface area contributed by atoms with E-state index in [1.807, 2.05) is 21.1 Å². The second-order valence-electron chi connectivity index (χ2n) is 15.1. The molecule has 39 heavy (non-hydrogen) atoms. The summed E-state index contributed by atoms with van der Waals surface area (Å²) in [6, 6.07) is 0. The topological polar surface area (TPSA) is 88.0 Å². The molecule has 228 valence electrons. The molecule has 0 aromatic rings. The lowest BCUT2D eigenvalue weighted by Gasteiger charge is -2.63. The molecule has 0 saturated heterocycles. The molecule has 0 aliphatic heterocycles. The van der Waals surface area contributed by atoms with E-state index in [2.05, 4.69) is 27.7 Å². The van der Waals surface area contributed by atoms with Gasteiger partial charge in [0.05, 0.1) is 46.6 Å². The van der Waals surface area contributed by atoms with Crippen molar-refractivity contribution in [3.8, 4) is 0 Å². The summed E-state index contributed by atoms with van der Waals surface area (Å²) in [7, 11) is 1.65. The first-order valence-electron chi connectivity index (χ1n) is 15.9. The van der Waals surface area contributed by atoms with Crippen LogP contribution in [0.25, 0.3) is 0 Å². The van der Waals surface area contributed by atoms with Gasteiger partial charge in [-0.1, -0.05) is 40.5 Å². The summed E-state index contributed by atoms with van der Waals surface area (Å²) in [5, 5.41) is 10.5. The molecule has 0 spiro atoms. The SMILES string of the molecule is CCC[C@@H](C)[C@H]1CC[C@H]2[C@@H]3CC[C@@H]4C[C@H](O)CC[C@]4(C)[C@H]3C[C@H](OCCOP(=O)([O-])OCC[N+](C)(C)C)[C@]12C. The molecule has 0 amide bonds. The van der Waals surface area contributed by atoms with E-state index < -0.39 is 7.82 Å². The van der Waals surface area contributed by atoms with Crippen molar-refractivity contribution in [1.29, 1.82) is 0 Å². The lowest BCUT2D eigenvalue weighted by Crippen LogP contribution is -2.59. The number of hydrogen-bond donors (Lipinski definition) is 1. The lowest BCUT2D eigenvalue weighted by atomic mass is 9.43. The third-order valence-electron chi connectivity index (χ3n) is 11.9. The second-order valence-corrected chi connectivity index (χ2v) is 16.5. The first-order valence-corrected chi connectivity index (χ1v) is 17.4. The van der Waals surface area contributed by atoms with Gasteiger partial charge in [0.2, 0.25) is 0 Å². The normalized spacial score (nSPS) is 42.7. The van der Waals surface area contributed by atoms with Gasteiger partial charge in [-0.15, -0.1) is 0 Å². The highest BCUT2D eigenvalue weighted by molar-refractivity contribution is 7.45. The first-order chi connectivity index (χ1) is 18.2. The zero-order valence-electron chi connectivity index (χ0n) is 25.9. The third kappa shape index (κ3) is 6.81. The van der Waals surface area contributed by atoms with E-state index >= 15 is 0 Å². The largest absolute Gasteiger partial charge is 0.756 e. The Bertz CT molecular complexity index is 865. The standard InChI is InChI=1S/C31H58NO6P/c1-8-9-22(2)26-12-13-27-25-11-10-23-20-24(33)14-15-30(23,3)28(25)21-29(31(26,27)4)36-18-19-38-39(34,35)37-17-16-32(5,6)7/h22-29,33H,8-21H2,1-7H3/t22-,23-,24-,25+,26-,27+,28+,29+,30+,31-/m1/s1. The Kier molecular flexibility index (Phi) is 10.1. The van der Waals surface area contributed by atoms with E-state index in [-0.39, 0.29) is 42.9 Å². The Morgan fingerprint density at radius 1 is 1.00 bits per heavy atom. The molecule has 8 heteroatoms. The van der Waals surface area contributed by atoms with Gasteiger partial charge in [-0.3, -0.25) is 4.57 Å². The highest BCUT2D eigenvalue weighted by Gasteiger charge is 2.64. The monoisotopic (exact) mass is 571 g/mol. The number of quaternary nitrogens is 1. The van der Waals surface area contributed by atoms with Crippen LogP contribution in [-0.4, -0.2) is 69.3 Å². The molecule has 4 aliphatic carbocycles. The number of aliphatic hydroxyl groups excluding tert-OH is 1. The van der Waals surface area contributed by atoms with Gasteiger partial charge >= 0.3 is 0 Å². The summed E-state index contributed by atoms with van der Waals surface area (Å²) in [6.07, 6.45) is 11.5. The summed E-state index contributed by atoms with van der Waals surface area (Å²) < 4.78 is 30.0. The minimum Gasteiger partial charge on any atom is -0.756 e. The Balaban J connectivity index is 1.47. The fourth-order valence-electron chi connectivity index (χ4n) is 9.84. The Hall–Kier alpha value is -0.0100. The molecule has 0 heterocycles. The van der Waals surface area contributed by atoms with Crippen molar-refractivity contribution in [1.82, 2.24) is 0 Å². The van der Waals surface area contributed by atoms with Crippen LogP contribution in [0.2, 0.25) is 0 Å². The first kappa shape index (κ1) is 31.9. The molecule has 1 unspecified atom stereocenters. The van der Waals surface area contributed by atoms with Crippen molar-refractivity contribution in [3.63, 3.8) is 0 Å². The van der Waals surface area contributed by atoms with Gasteiger partial charge in [0.25, 0.3) is 7.82 Å². The number of fused-ring (bicyclic) bond motifs is 5. The van der Waals surface area contributed by atoms with Crippen LogP contribution in [0, 0.1) is 46.3 Å². The van der Waals surface area contributed by atoms with Crippen LogP contribution in [-0.2, 0) is 18.3 Å². The number of ether oxygens (including phenoxy) is 1. The van der Waals surface area contributed by atoms with E-state index in [0.29, 0.717) is 40.6 Å². The second kappa shape index (κ2) is 12.3. The van der Waals surface area contributed by atoms with Crippen molar-refractivity contribution >= 4 is 7.82 Å². The molecule has 1 N–H and O–H groups in total. The minimum atomic E-state index is -4.35. The average Bonchev–Trinajstić information content (AvgIpc) is 3.20. The molecule has 0 aromatic carbocycles. The van der Waals surface area contributed by atoms with Gasteiger partial charge < -0.3 is 28.3 Å². The van der Waals surface area contributed by atoms with E-state index in [1.54, 1.807) is 0 Å². The molecule has 0 radical (unpaired) electrons. The summed E-state index contributed by atoms with van der Waals surface area (Å²) in [6.45, 7) is 10.7. The number of nitrogens with zero attached hydrogens (tertiary/aromatic N) is 1. The predicted octanol–water partition coefficient (Wildman–Crippen LogP) is 5.65. The molecule has 0 aromatic heterocycles. The van der Waals surface area contributed by atoms with Crippen molar-refractivity contribution in [3.05, 3.63) is 0 Å². The zero-order valence-corrected chi connectivity index (χ0v) is 26.8. The van der Waals surface area contributed by atoms with E-state index in [4.69, 9.17) is 13.8 Å². The lowest BCUT2D eigenvalue weighted by molar-refractivity contribution is -0.870. The molecular weight excluding hydrogens is 513 g/mol. The Morgan fingerprint density at radius 3 is 2.41 bits per heavy atom. The van der Waals surface area contributed by atoms with Crippen molar-refractivity contribution in [2.45, 2.75) is 104 Å². The van der Waals surface area contributed by atoms with E-state index in [0.717, 1.165) is 31.6 Å². The number of phosphoric acid groups is 1. The quantitative estimate of drug-likeness (QED) is 0.185. The van der Waals surface area contributed by atoms with Gasteiger partial charge in [-0.25, -0.2) is 0 Å². The van der Waals surface area contributed by atoms with E-state index in [9.17, 15) is 14.6 Å². The van der Waals surface area contributed by atoms with Crippen LogP contribution >= 0.6 is 7.82 Å². The van der Waals surface area contributed by atoms with Crippen molar-refractivity contribution in [2.24, 2.45) is 46.3 Å². The van der Waals surface area contributed by atoms with Gasteiger partial charge in [0.1, 0.15) is 13.2 Å². The number of rotatable bonds is 12. The molecule has 4 aliphatic rings. The molecule has 0 bridgehead atoms. The molecule has 4 rings (SSSR count). The van der Waals surface area contributed by atoms with Gasteiger partial charge in [-0.05, 0) is 97.7 Å². The van der Waals surface area contributed by atoms with Crippen LogP contribution in [0.3, 0.4) is 0 Å². The number of phosphoric ester groups is 1. The molecule has 4 fully saturated rings. The van der Waals surface area contributed by atoms with Crippen LogP contribution in [0.4, 0.5) is 0 Å². The van der Waals surface area contributed by atoms with Crippen molar-refractivity contribution < 1.29 is 32.8 Å². The summed E-state index contributed by atoms with van der Waals surface area (Å²) in [5.41, 5.74) is 0.369. The Labute approximate surface area is 238 Å². The molecule has 7 nitrogen and oxygen atoms in total. The summed E-state index contributed by atoms with van der Waals surface area (Å²) in [5.74, 6) is 3.90. The van der Waals surface area contributed by atoms with Gasteiger partial charge in [0.15, 0.2) is 0 Å². The molecule has 4 saturated carbocycles. The summed E-state index contributed by atoms with van der Waals surface area (Å²) in [4.78, 5) is 12.3. The van der Waals surface area contributed by atoms with Crippen LogP contribution < -0.4 is 4.89 Å². The zero-order chi connectivity index (χ0) is 28.6. The molecular formula is C31H58NO6P. The fourth-order valence-corrected chi connectivity index (χ4v) is 10.5. The maximum Gasteiger partial charge on any atom is 0.268 e. The number of likely N-dealkylation sites (N-methyl/N-ethyl adjacent to an activating group) is 1. The maximum atomic E-state index is 12.3. The third-order valence-corrected chi connectivity index (χ3v) is 12.9. The Morgan fingerprint density at radius 2 is 1.72 bits per heavy atom. The highest BCUT2D eigenvalue weighted by atomic mass is 31.2. The fraction of sp³-hybridized carbons (Fsp3) is 1.00. The highest BCUT2D eigenvalue weighted by Crippen LogP contribution is 2.69. The van der Waals surface area contributed by atoms with Gasteiger partial charge in [0, 0.05) is 0 Å². The van der Waals surface area contributed by atoms with Crippen LogP contribution in [0.1, 0.15) is 91.9 Å². The average molecular weight is 572 g/mol. The smallest absolute Gasteiger partial charge is 0.268 e.